The van der Waals surface area contributed by atoms with Crippen molar-refractivity contribution in [3.8, 4) is 0 Å². The Balaban J connectivity index is 1.89. The molecule has 0 radical (unpaired) electrons. The molecule has 0 aromatic heterocycles. The van der Waals surface area contributed by atoms with Crippen LogP contribution in [0.1, 0.15) is 5.56 Å². The number of carbonyl (C=O) groups is 2. The van der Waals surface area contributed by atoms with Gasteiger partial charge in [0.05, 0.1) is 0 Å². The number of piperazine rings is 1. The molecular formula is C14H19N3O3. The SMILES string of the molecule is CN(OCc1ccccc1)C(=O)C1CNCCN1C=O. The van der Waals surface area contributed by atoms with Crippen LogP contribution in [0.3, 0.4) is 0 Å². The molecule has 108 valence electrons. The van der Waals surface area contributed by atoms with Gasteiger partial charge in [-0.3, -0.25) is 14.4 Å². The molecular weight excluding hydrogens is 258 g/mol. The maximum absolute atomic E-state index is 12.2. The third kappa shape index (κ3) is 3.55. The van der Waals surface area contributed by atoms with Crippen molar-refractivity contribution in [2.75, 3.05) is 26.7 Å². The van der Waals surface area contributed by atoms with Crippen molar-refractivity contribution in [1.82, 2.24) is 15.3 Å². The van der Waals surface area contributed by atoms with Crippen LogP contribution in [0, 0.1) is 0 Å². The van der Waals surface area contributed by atoms with E-state index < -0.39 is 6.04 Å². The lowest BCUT2D eigenvalue weighted by Gasteiger charge is -2.34. The summed E-state index contributed by atoms with van der Waals surface area (Å²) >= 11 is 0. The standard InChI is InChI=1S/C14H19N3O3/c1-16(20-10-12-5-3-2-4-6-12)14(19)13-9-15-7-8-17(13)11-18/h2-6,11,13,15H,7-10H2,1H3. The summed E-state index contributed by atoms with van der Waals surface area (Å²) in [6.45, 7) is 2.02. The first-order valence-corrected chi connectivity index (χ1v) is 6.58. The van der Waals surface area contributed by atoms with Gasteiger partial charge in [0.1, 0.15) is 12.6 Å². The third-order valence-corrected chi connectivity index (χ3v) is 3.28. The van der Waals surface area contributed by atoms with Gasteiger partial charge in [-0.05, 0) is 5.56 Å². The van der Waals surface area contributed by atoms with Crippen LogP contribution in [0.4, 0.5) is 0 Å². The molecule has 20 heavy (non-hydrogen) atoms. The van der Waals surface area contributed by atoms with Crippen LogP contribution in [0.25, 0.3) is 0 Å². The molecule has 6 nitrogen and oxygen atoms in total. The third-order valence-electron chi connectivity index (χ3n) is 3.28. The first-order chi connectivity index (χ1) is 9.72. The van der Waals surface area contributed by atoms with Crippen molar-refractivity contribution < 1.29 is 14.4 Å². The zero-order valence-electron chi connectivity index (χ0n) is 11.5. The van der Waals surface area contributed by atoms with Crippen molar-refractivity contribution in [1.29, 1.82) is 0 Å². The smallest absolute Gasteiger partial charge is 0.269 e. The summed E-state index contributed by atoms with van der Waals surface area (Å²) in [7, 11) is 1.57. The highest BCUT2D eigenvalue weighted by Crippen LogP contribution is 2.07. The number of nitrogens with one attached hydrogen (secondary N) is 1. The molecule has 1 aliphatic heterocycles. The second kappa shape index (κ2) is 7.02. The van der Waals surface area contributed by atoms with Crippen LogP contribution >= 0.6 is 0 Å². The minimum atomic E-state index is -0.498. The second-order valence-corrected chi connectivity index (χ2v) is 4.66. The maximum Gasteiger partial charge on any atom is 0.269 e. The van der Waals surface area contributed by atoms with Crippen molar-refractivity contribution in [2.24, 2.45) is 0 Å². The maximum atomic E-state index is 12.2. The zero-order valence-corrected chi connectivity index (χ0v) is 11.5. The molecule has 2 amide bonds. The molecule has 1 atom stereocenters. The fraction of sp³-hybridized carbons (Fsp3) is 0.429. The normalized spacial score (nSPS) is 18.6. The summed E-state index contributed by atoms with van der Waals surface area (Å²) in [5.41, 5.74) is 0.987. The lowest BCUT2D eigenvalue weighted by Crippen LogP contribution is -2.57. The second-order valence-electron chi connectivity index (χ2n) is 4.66. The number of benzene rings is 1. The van der Waals surface area contributed by atoms with E-state index in [0.717, 1.165) is 5.56 Å². The lowest BCUT2D eigenvalue weighted by molar-refractivity contribution is -0.188. The average Bonchev–Trinajstić information content (AvgIpc) is 2.52. The molecule has 1 unspecified atom stereocenters. The molecule has 6 heteroatoms. The van der Waals surface area contributed by atoms with Crippen molar-refractivity contribution >= 4 is 12.3 Å². The molecule has 1 fully saturated rings. The van der Waals surface area contributed by atoms with Gasteiger partial charge in [-0.2, -0.15) is 0 Å². The number of likely N-dealkylation sites (N-methyl/N-ethyl adjacent to an activating group) is 1. The molecule has 1 saturated heterocycles. The number of rotatable bonds is 5. The van der Waals surface area contributed by atoms with E-state index in [1.165, 1.54) is 9.96 Å². The molecule has 0 aliphatic carbocycles. The predicted octanol–water partition coefficient (Wildman–Crippen LogP) is 0.00680. The van der Waals surface area contributed by atoms with Crippen molar-refractivity contribution in [2.45, 2.75) is 12.6 Å². The van der Waals surface area contributed by atoms with Gasteiger partial charge < -0.3 is 10.2 Å². The Kier molecular flexibility index (Phi) is 5.09. The Hall–Kier alpha value is -1.92. The summed E-state index contributed by atoms with van der Waals surface area (Å²) in [6, 6.07) is 9.12. The topological polar surface area (TPSA) is 61.9 Å². The number of nitrogens with zero attached hydrogens (tertiary/aromatic N) is 2. The van der Waals surface area contributed by atoms with E-state index in [4.69, 9.17) is 4.84 Å². The van der Waals surface area contributed by atoms with Gasteiger partial charge in [0.15, 0.2) is 0 Å². The molecule has 2 rings (SSSR count). The highest BCUT2D eigenvalue weighted by atomic mass is 16.7. The van der Waals surface area contributed by atoms with E-state index in [9.17, 15) is 9.59 Å². The lowest BCUT2D eigenvalue weighted by atomic mass is 10.2. The summed E-state index contributed by atoms with van der Waals surface area (Å²) in [5, 5.41) is 4.31. The van der Waals surface area contributed by atoms with Gasteiger partial charge in [0.2, 0.25) is 6.41 Å². The highest BCUT2D eigenvalue weighted by molar-refractivity contribution is 5.83. The van der Waals surface area contributed by atoms with Crippen LogP contribution in [-0.4, -0.2) is 55.0 Å². The number of hydrogen-bond donors (Lipinski definition) is 1. The van der Waals surface area contributed by atoms with Gasteiger partial charge in [-0.1, -0.05) is 30.3 Å². The van der Waals surface area contributed by atoms with Crippen molar-refractivity contribution in [3.05, 3.63) is 35.9 Å². The monoisotopic (exact) mass is 277 g/mol. The van der Waals surface area contributed by atoms with Crippen LogP contribution in [0.5, 0.6) is 0 Å². The average molecular weight is 277 g/mol. The van der Waals surface area contributed by atoms with Gasteiger partial charge in [-0.25, -0.2) is 5.06 Å². The van der Waals surface area contributed by atoms with Gasteiger partial charge in [-0.15, -0.1) is 0 Å². The van der Waals surface area contributed by atoms with E-state index in [1.807, 2.05) is 30.3 Å². The molecule has 1 N–H and O–H groups in total. The van der Waals surface area contributed by atoms with Crippen LogP contribution in [0.2, 0.25) is 0 Å². The van der Waals surface area contributed by atoms with E-state index >= 15 is 0 Å². The Bertz CT molecular complexity index is 452. The molecule has 1 aliphatic rings. The predicted molar refractivity (Wildman–Crippen MR) is 73.4 cm³/mol. The molecule has 1 aromatic rings. The molecule has 0 saturated carbocycles. The first-order valence-electron chi connectivity index (χ1n) is 6.58. The quantitative estimate of drug-likeness (QED) is 0.608. The minimum Gasteiger partial charge on any atom is -0.331 e. The number of carbonyl (C=O) groups excluding carboxylic acids is 2. The minimum absolute atomic E-state index is 0.222. The Morgan fingerprint density at radius 3 is 2.95 bits per heavy atom. The van der Waals surface area contributed by atoms with Crippen LogP contribution in [0.15, 0.2) is 30.3 Å². The van der Waals surface area contributed by atoms with Crippen LogP contribution < -0.4 is 5.32 Å². The number of hydroxylamine groups is 2. The van der Waals surface area contributed by atoms with Crippen molar-refractivity contribution in [3.63, 3.8) is 0 Å². The summed E-state index contributed by atoms with van der Waals surface area (Å²) in [6.07, 6.45) is 0.717. The van der Waals surface area contributed by atoms with Crippen LogP contribution in [-0.2, 0) is 21.0 Å². The van der Waals surface area contributed by atoms with Gasteiger partial charge in [0.25, 0.3) is 5.91 Å². The summed E-state index contributed by atoms with van der Waals surface area (Å²) in [5.74, 6) is -0.222. The zero-order chi connectivity index (χ0) is 14.4. The Labute approximate surface area is 118 Å². The number of hydrogen-bond acceptors (Lipinski definition) is 4. The summed E-state index contributed by atoms with van der Waals surface area (Å²) < 4.78 is 0. The van der Waals surface area contributed by atoms with E-state index in [-0.39, 0.29) is 5.91 Å². The fourth-order valence-corrected chi connectivity index (χ4v) is 2.09. The Morgan fingerprint density at radius 2 is 2.25 bits per heavy atom. The van der Waals surface area contributed by atoms with Gasteiger partial charge >= 0.3 is 0 Å². The first kappa shape index (κ1) is 14.5. The molecule has 0 spiro atoms. The number of amides is 2. The summed E-state index contributed by atoms with van der Waals surface area (Å²) in [4.78, 5) is 30.2. The van der Waals surface area contributed by atoms with E-state index in [2.05, 4.69) is 5.32 Å². The largest absolute Gasteiger partial charge is 0.331 e. The molecule has 1 aromatic carbocycles. The molecule has 1 heterocycles. The highest BCUT2D eigenvalue weighted by Gasteiger charge is 2.30. The van der Waals surface area contributed by atoms with Gasteiger partial charge in [0, 0.05) is 26.7 Å². The van der Waals surface area contributed by atoms with E-state index in [1.54, 1.807) is 7.05 Å². The Morgan fingerprint density at radius 1 is 1.50 bits per heavy atom. The molecule has 0 bridgehead atoms. The fourth-order valence-electron chi connectivity index (χ4n) is 2.09. The van der Waals surface area contributed by atoms with E-state index in [0.29, 0.717) is 32.7 Å².